The van der Waals surface area contributed by atoms with Gasteiger partial charge in [0.2, 0.25) is 0 Å². The highest BCUT2D eigenvalue weighted by Gasteiger charge is 2.38. The van der Waals surface area contributed by atoms with E-state index in [4.69, 9.17) is 13.3 Å². The molecule has 0 aliphatic carbocycles. The molecule has 0 aromatic rings. The van der Waals surface area contributed by atoms with E-state index in [0.717, 1.165) is 12.8 Å². The van der Waals surface area contributed by atoms with E-state index in [1.807, 2.05) is 20.8 Å². The fourth-order valence-corrected chi connectivity index (χ4v) is 4.08. The average Bonchev–Trinajstić information content (AvgIpc) is 2.04. The normalized spacial score (nSPS) is 14.4. The molecular weight excluding hydrogens is 216 g/mol. The van der Waals surface area contributed by atoms with Gasteiger partial charge in [-0.3, -0.25) is 0 Å². The minimum absolute atomic E-state index is 0.155. The van der Waals surface area contributed by atoms with Gasteiger partial charge in [0, 0.05) is 19.3 Å². The molecule has 0 N–H and O–H groups in total. The predicted octanol–water partition coefficient (Wildman–Crippen LogP) is 2.63. The van der Waals surface area contributed by atoms with E-state index >= 15 is 0 Å². The van der Waals surface area contributed by atoms with Gasteiger partial charge in [-0.25, -0.2) is 0 Å². The maximum atomic E-state index is 5.72. The molecule has 0 aromatic carbocycles. The van der Waals surface area contributed by atoms with Crippen molar-refractivity contribution in [2.75, 3.05) is 13.2 Å². The van der Waals surface area contributed by atoms with Gasteiger partial charge in [0.25, 0.3) is 0 Å². The van der Waals surface area contributed by atoms with Crippen molar-refractivity contribution in [3.8, 4) is 0 Å². The first-order chi connectivity index (χ1) is 6.58. The van der Waals surface area contributed by atoms with Crippen LogP contribution in [0.1, 0.15) is 40.5 Å². The lowest BCUT2D eigenvalue weighted by atomic mass is 10.2. The molecule has 0 aliphatic heterocycles. The van der Waals surface area contributed by atoms with Gasteiger partial charge in [0.1, 0.15) is 0 Å². The molecule has 14 heavy (non-hydrogen) atoms. The predicted molar refractivity (Wildman–Crippen MR) is 63.4 cm³/mol. The lowest BCUT2D eigenvalue weighted by Crippen LogP contribution is -2.42. The summed E-state index contributed by atoms with van der Waals surface area (Å²) >= 11 is 4.38. The molecule has 0 aliphatic rings. The second kappa shape index (κ2) is 7.70. The van der Waals surface area contributed by atoms with Crippen LogP contribution in [0.5, 0.6) is 0 Å². The molecule has 0 rings (SSSR count). The first-order valence-electron chi connectivity index (χ1n) is 5.26. The molecule has 0 fully saturated rings. The maximum Gasteiger partial charge on any atom is 0.570 e. The Morgan fingerprint density at radius 1 is 1.14 bits per heavy atom. The summed E-state index contributed by atoms with van der Waals surface area (Å²) in [5, 5.41) is 0. The van der Waals surface area contributed by atoms with E-state index in [2.05, 4.69) is 19.0 Å². The smallest absolute Gasteiger partial charge is 0.366 e. The van der Waals surface area contributed by atoms with E-state index in [1.165, 1.54) is 0 Å². The van der Waals surface area contributed by atoms with Crippen LogP contribution in [0.25, 0.3) is 0 Å². The second-order valence-electron chi connectivity index (χ2n) is 3.11. The average molecular weight is 238 g/mol. The lowest BCUT2D eigenvalue weighted by Gasteiger charge is -2.26. The van der Waals surface area contributed by atoms with Gasteiger partial charge < -0.3 is 13.3 Å². The molecule has 0 saturated heterocycles. The van der Waals surface area contributed by atoms with E-state index < -0.39 is 7.95 Å². The molecule has 5 heteroatoms. The highest BCUT2D eigenvalue weighted by atomic mass is 32.3. The molecule has 86 valence electrons. The van der Waals surface area contributed by atoms with Crippen molar-refractivity contribution in [2.24, 2.45) is 0 Å². The van der Waals surface area contributed by atoms with Crippen LogP contribution in [-0.4, -0.2) is 27.3 Å². The zero-order valence-electron chi connectivity index (χ0n) is 9.58. The summed E-state index contributed by atoms with van der Waals surface area (Å²) in [4.78, 5) is 0. The Labute approximate surface area is 93.5 Å². The van der Waals surface area contributed by atoms with Crippen LogP contribution in [0, 0.1) is 0 Å². The van der Waals surface area contributed by atoms with E-state index in [9.17, 15) is 0 Å². The van der Waals surface area contributed by atoms with Crippen LogP contribution in [0.15, 0.2) is 0 Å². The number of thiol groups is 1. The van der Waals surface area contributed by atoms with Gasteiger partial charge in [0.05, 0.1) is 0 Å². The third-order valence-electron chi connectivity index (χ3n) is 1.70. The molecule has 1 unspecified atom stereocenters. The molecule has 1 atom stereocenters. The third-order valence-corrected chi connectivity index (χ3v) is 4.80. The fraction of sp³-hybridized carbons (Fsp3) is 1.00. The van der Waals surface area contributed by atoms with Crippen molar-refractivity contribution in [1.82, 2.24) is 0 Å². The van der Waals surface area contributed by atoms with Crippen molar-refractivity contribution in [1.29, 1.82) is 0 Å². The Bertz CT molecular complexity index is 140. The summed E-state index contributed by atoms with van der Waals surface area (Å²) in [6.07, 6.45) is 2.26. The largest absolute Gasteiger partial charge is 0.570 e. The summed E-state index contributed by atoms with van der Waals surface area (Å²) in [6, 6.07) is 0. The van der Waals surface area contributed by atoms with Gasteiger partial charge in [0.15, 0.2) is 0 Å². The van der Waals surface area contributed by atoms with Crippen LogP contribution >= 0.6 is 12.1 Å². The number of rotatable bonds is 8. The fourth-order valence-electron chi connectivity index (χ4n) is 1.19. The Morgan fingerprint density at radius 2 is 1.64 bits per heavy atom. The van der Waals surface area contributed by atoms with Gasteiger partial charge in [-0.05, 0) is 27.2 Å². The Balaban J connectivity index is 4.05. The van der Waals surface area contributed by atoms with Crippen LogP contribution in [-0.2, 0) is 13.3 Å². The first kappa shape index (κ1) is 14.4. The van der Waals surface area contributed by atoms with Gasteiger partial charge in [-0.15, -0.1) is 12.1 Å². The highest BCUT2D eigenvalue weighted by molar-refractivity contribution is 8.11. The number of hydrogen-bond donors (Lipinski definition) is 1. The first-order valence-corrected chi connectivity index (χ1v) is 8.27. The van der Waals surface area contributed by atoms with Crippen molar-refractivity contribution in [2.45, 2.75) is 46.6 Å². The SMILES string of the molecule is CCCC(C)O[Si](S)(OCC)OCC. The molecule has 0 bridgehead atoms. The van der Waals surface area contributed by atoms with E-state index in [1.54, 1.807) is 0 Å². The quantitative estimate of drug-likeness (QED) is 0.520. The molecule has 0 amide bonds. The topological polar surface area (TPSA) is 27.7 Å². The maximum absolute atomic E-state index is 5.72. The third kappa shape index (κ3) is 6.03. The second-order valence-corrected chi connectivity index (χ2v) is 6.61. The molecule has 0 saturated carbocycles. The molecule has 0 spiro atoms. The summed E-state index contributed by atoms with van der Waals surface area (Å²) in [5.74, 6) is 0. The summed E-state index contributed by atoms with van der Waals surface area (Å²) in [7, 11) is -2.66. The van der Waals surface area contributed by atoms with Crippen LogP contribution in [0.2, 0.25) is 0 Å². The standard InChI is InChI=1S/C9H22O3SSi/c1-5-8-9(4)12-14(13,10-6-2)11-7-3/h9,13H,5-8H2,1-4H3. The van der Waals surface area contributed by atoms with Crippen LogP contribution in [0.3, 0.4) is 0 Å². The Morgan fingerprint density at radius 3 is 2.00 bits per heavy atom. The van der Waals surface area contributed by atoms with E-state index in [-0.39, 0.29) is 6.10 Å². The molecular formula is C9H22O3SSi. The van der Waals surface area contributed by atoms with E-state index in [0.29, 0.717) is 13.2 Å². The van der Waals surface area contributed by atoms with Crippen LogP contribution in [0.4, 0.5) is 0 Å². The summed E-state index contributed by atoms with van der Waals surface area (Å²) in [5.41, 5.74) is 0. The molecule has 3 nitrogen and oxygen atoms in total. The Kier molecular flexibility index (Phi) is 7.95. The van der Waals surface area contributed by atoms with Crippen molar-refractivity contribution in [3.63, 3.8) is 0 Å². The number of hydrogen-bond acceptors (Lipinski definition) is 4. The molecule has 0 heterocycles. The lowest BCUT2D eigenvalue weighted by molar-refractivity contribution is 0.0582. The zero-order chi connectivity index (χ0) is 11.0. The van der Waals surface area contributed by atoms with Crippen molar-refractivity contribution >= 4 is 20.0 Å². The molecule has 0 aromatic heterocycles. The van der Waals surface area contributed by atoms with Gasteiger partial charge in [-0.1, -0.05) is 13.3 Å². The summed E-state index contributed by atoms with van der Waals surface area (Å²) in [6.45, 7) is 9.15. The minimum atomic E-state index is -2.66. The molecule has 0 radical (unpaired) electrons. The zero-order valence-corrected chi connectivity index (χ0v) is 11.5. The van der Waals surface area contributed by atoms with Crippen LogP contribution < -0.4 is 0 Å². The van der Waals surface area contributed by atoms with Crippen molar-refractivity contribution < 1.29 is 13.3 Å². The Hall–Kier alpha value is 0.447. The summed E-state index contributed by atoms with van der Waals surface area (Å²) < 4.78 is 16.6. The highest BCUT2D eigenvalue weighted by Crippen LogP contribution is 2.18. The monoisotopic (exact) mass is 238 g/mol. The van der Waals surface area contributed by atoms with Gasteiger partial charge >= 0.3 is 7.95 Å². The van der Waals surface area contributed by atoms with Gasteiger partial charge in [-0.2, -0.15) is 0 Å². The minimum Gasteiger partial charge on any atom is -0.366 e. The van der Waals surface area contributed by atoms with Crippen molar-refractivity contribution in [3.05, 3.63) is 0 Å².